The van der Waals surface area contributed by atoms with E-state index in [0.29, 0.717) is 5.56 Å². The van der Waals surface area contributed by atoms with E-state index >= 15 is 0 Å². The van der Waals surface area contributed by atoms with Crippen molar-refractivity contribution in [1.82, 2.24) is 4.98 Å². The van der Waals surface area contributed by atoms with Crippen molar-refractivity contribution in [3.05, 3.63) is 52.1 Å². The molecule has 1 aromatic carbocycles. The van der Waals surface area contributed by atoms with E-state index in [1.54, 1.807) is 6.20 Å². The topological polar surface area (TPSA) is 36.7 Å². The highest BCUT2D eigenvalue weighted by atomic mass is 79.9. The second-order valence-electron chi connectivity index (χ2n) is 3.50. The van der Waals surface area contributed by atoms with Crippen molar-refractivity contribution < 1.29 is 0 Å². The third kappa shape index (κ3) is 2.87. The Morgan fingerprint density at radius 3 is 2.88 bits per heavy atom. The summed E-state index contributed by atoms with van der Waals surface area (Å²) in [6.45, 7) is 2.01. The monoisotopic (exact) mass is 304 g/mol. The van der Waals surface area contributed by atoms with E-state index in [1.807, 2.05) is 37.3 Å². The van der Waals surface area contributed by atoms with Crippen molar-refractivity contribution in [3.63, 3.8) is 0 Å². The smallest absolute Gasteiger partial charge is 0.115 e. The lowest BCUT2D eigenvalue weighted by Crippen LogP contribution is -1.86. The molecule has 0 unspecified atom stereocenters. The van der Waals surface area contributed by atoms with Crippen LogP contribution in [0.1, 0.15) is 11.1 Å². The summed E-state index contributed by atoms with van der Waals surface area (Å²) in [5, 5.41) is 9.93. The van der Waals surface area contributed by atoms with Crippen molar-refractivity contribution in [2.75, 3.05) is 0 Å². The molecule has 0 spiro atoms. The van der Waals surface area contributed by atoms with Crippen LogP contribution in [0.4, 0.5) is 0 Å². The van der Waals surface area contributed by atoms with E-state index in [2.05, 4.69) is 27.0 Å². The molecule has 2 aromatic rings. The summed E-state index contributed by atoms with van der Waals surface area (Å²) >= 11 is 4.95. The van der Waals surface area contributed by atoms with Gasteiger partial charge in [-0.25, -0.2) is 4.98 Å². The maximum atomic E-state index is 9.06. The highest BCUT2D eigenvalue weighted by Crippen LogP contribution is 2.33. The molecular weight excluding hydrogens is 296 g/mol. The summed E-state index contributed by atoms with van der Waals surface area (Å²) in [7, 11) is 0. The van der Waals surface area contributed by atoms with Gasteiger partial charge in [0.1, 0.15) is 11.1 Å². The summed E-state index contributed by atoms with van der Waals surface area (Å²) in [6.07, 6.45) is 1.74. The van der Waals surface area contributed by atoms with E-state index < -0.39 is 0 Å². The summed E-state index contributed by atoms with van der Waals surface area (Å²) in [5.41, 5.74) is 1.82. The Morgan fingerprint density at radius 1 is 1.35 bits per heavy atom. The normalized spacial score (nSPS) is 9.94. The molecule has 2 nitrogen and oxygen atoms in total. The van der Waals surface area contributed by atoms with Gasteiger partial charge in [-0.15, -0.1) is 0 Å². The minimum Gasteiger partial charge on any atom is -0.248 e. The second kappa shape index (κ2) is 5.35. The lowest BCUT2D eigenvalue weighted by Gasteiger charge is -2.05. The van der Waals surface area contributed by atoms with E-state index in [9.17, 15) is 0 Å². The third-order valence-electron chi connectivity index (χ3n) is 2.19. The van der Waals surface area contributed by atoms with Crippen molar-refractivity contribution in [1.29, 1.82) is 5.26 Å². The fourth-order valence-electron chi connectivity index (χ4n) is 1.36. The number of benzene rings is 1. The molecule has 0 radical (unpaired) electrons. The van der Waals surface area contributed by atoms with Crippen LogP contribution in [0.5, 0.6) is 0 Å². The van der Waals surface area contributed by atoms with Crippen LogP contribution in [0.3, 0.4) is 0 Å². The van der Waals surface area contributed by atoms with E-state index in [1.165, 1.54) is 11.8 Å². The Bertz CT molecular complexity index is 590. The van der Waals surface area contributed by atoms with Crippen LogP contribution in [0.25, 0.3) is 0 Å². The molecule has 84 valence electrons. The lowest BCUT2D eigenvalue weighted by atomic mass is 10.2. The highest BCUT2D eigenvalue weighted by Gasteiger charge is 2.07. The molecule has 0 N–H and O–H groups in total. The molecule has 0 amide bonds. The molecule has 1 aromatic heterocycles. The van der Waals surface area contributed by atoms with Crippen LogP contribution in [0.15, 0.2) is 50.9 Å². The first kappa shape index (κ1) is 12.2. The Hall–Kier alpha value is -1.31. The molecule has 17 heavy (non-hydrogen) atoms. The van der Waals surface area contributed by atoms with Crippen LogP contribution in [0.2, 0.25) is 0 Å². The SMILES string of the molecule is Cc1ccc(C#N)c(Sc2ncccc2Br)c1. The number of hydrogen-bond donors (Lipinski definition) is 0. The number of nitriles is 1. The molecule has 2 rings (SSSR count). The largest absolute Gasteiger partial charge is 0.248 e. The molecule has 0 aliphatic rings. The predicted octanol–water partition coefficient (Wildman–Crippen LogP) is 4.18. The van der Waals surface area contributed by atoms with Gasteiger partial charge in [0.25, 0.3) is 0 Å². The van der Waals surface area contributed by atoms with Gasteiger partial charge in [0.05, 0.1) is 10.0 Å². The van der Waals surface area contributed by atoms with Gasteiger partial charge in [0.2, 0.25) is 0 Å². The Balaban J connectivity index is 2.40. The van der Waals surface area contributed by atoms with Gasteiger partial charge >= 0.3 is 0 Å². The zero-order valence-electron chi connectivity index (χ0n) is 9.14. The zero-order valence-corrected chi connectivity index (χ0v) is 11.5. The Kier molecular flexibility index (Phi) is 3.82. The highest BCUT2D eigenvalue weighted by molar-refractivity contribution is 9.10. The third-order valence-corrected chi connectivity index (χ3v) is 4.17. The average Bonchev–Trinajstić information content (AvgIpc) is 2.32. The summed E-state index contributed by atoms with van der Waals surface area (Å²) in [4.78, 5) is 5.22. The fraction of sp³-hybridized carbons (Fsp3) is 0.0769. The molecule has 4 heteroatoms. The number of rotatable bonds is 2. The first-order chi connectivity index (χ1) is 8.20. The quantitative estimate of drug-likeness (QED) is 0.835. The van der Waals surface area contributed by atoms with E-state index in [0.717, 1.165) is 20.0 Å². The minimum absolute atomic E-state index is 0.679. The lowest BCUT2D eigenvalue weighted by molar-refractivity contribution is 1.11. The van der Waals surface area contributed by atoms with Crippen molar-refractivity contribution in [3.8, 4) is 6.07 Å². The molecule has 0 aliphatic carbocycles. The second-order valence-corrected chi connectivity index (χ2v) is 5.39. The molecule has 0 aliphatic heterocycles. The van der Waals surface area contributed by atoms with Gasteiger partial charge < -0.3 is 0 Å². The van der Waals surface area contributed by atoms with Crippen molar-refractivity contribution in [2.45, 2.75) is 16.8 Å². The molecule has 0 saturated heterocycles. The predicted molar refractivity (Wildman–Crippen MR) is 72.0 cm³/mol. The number of halogens is 1. The Labute approximate surface area is 113 Å². The average molecular weight is 305 g/mol. The van der Waals surface area contributed by atoms with Crippen LogP contribution in [-0.4, -0.2) is 4.98 Å². The van der Waals surface area contributed by atoms with Crippen molar-refractivity contribution in [2.24, 2.45) is 0 Å². The van der Waals surface area contributed by atoms with Crippen LogP contribution < -0.4 is 0 Å². The summed E-state index contributed by atoms with van der Waals surface area (Å²) in [6, 6.07) is 11.8. The van der Waals surface area contributed by atoms with Gasteiger partial charge in [-0.2, -0.15) is 5.26 Å². The number of hydrogen-bond acceptors (Lipinski definition) is 3. The maximum absolute atomic E-state index is 9.06. The Morgan fingerprint density at radius 2 is 2.18 bits per heavy atom. The van der Waals surface area contributed by atoms with Gasteiger partial charge in [0, 0.05) is 11.1 Å². The summed E-state index contributed by atoms with van der Waals surface area (Å²) < 4.78 is 0.940. The number of aryl methyl sites for hydroxylation is 1. The molecule has 1 heterocycles. The molecule has 0 saturated carbocycles. The first-order valence-corrected chi connectivity index (χ1v) is 6.61. The van der Waals surface area contributed by atoms with Crippen LogP contribution >= 0.6 is 27.7 Å². The molecule has 0 atom stereocenters. The van der Waals surface area contributed by atoms with Gasteiger partial charge in [-0.1, -0.05) is 17.8 Å². The van der Waals surface area contributed by atoms with Crippen molar-refractivity contribution >= 4 is 27.7 Å². The minimum atomic E-state index is 0.679. The fourth-order valence-corrected chi connectivity index (χ4v) is 2.81. The molecular formula is C13H9BrN2S. The zero-order chi connectivity index (χ0) is 12.3. The van der Waals surface area contributed by atoms with Gasteiger partial charge in [0.15, 0.2) is 0 Å². The van der Waals surface area contributed by atoms with Gasteiger partial charge in [-0.05, 0) is 52.7 Å². The number of aromatic nitrogens is 1. The molecule has 0 bridgehead atoms. The summed E-state index contributed by atoms with van der Waals surface area (Å²) in [5.74, 6) is 0. The van der Waals surface area contributed by atoms with Crippen LogP contribution in [-0.2, 0) is 0 Å². The van der Waals surface area contributed by atoms with E-state index in [4.69, 9.17) is 5.26 Å². The van der Waals surface area contributed by atoms with E-state index in [-0.39, 0.29) is 0 Å². The molecule has 0 fully saturated rings. The van der Waals surface area contributed by atoms with Crippen LogP contribution in [0, 0.1) is 18.3 Å². The number of pyridine rings is 1. The standard InChI is InChI=1S/C13H9BrN2S/c1-9-4-5-10(8-15)12(7-9)17-13-11(14)3-2-6-16-13/h2-7H,1H3. The number of nitrogens with zero attached hydrogens (tertiary/aromatic N) is 2. The first-order valence-electron chi connectivity index (χ1n) is 5.00. The maximum Gasteiger partial charge on any atom is 0.115 e. The van der Waals surface area contributed by atoms with Gasteiger partial charge in [-0.3, -0.25) is 0 Å².